The van der Waals surface area contributed by atoms with Gasteiger partial charge >= 0.3 is 11.9 Å². The summed E-state index contributed by atoms with van der Waals surface area (Å²) in [5, 5.41) is -0.908. The molecule has 0 aliphatic heterocycles. The number of nitrogens with zero attached hydrogens (tertiary/aromatic N) is 1. The lowest BCUT2D eigenvalue weighted by Gasteiger charge is -2.13. The van der Waals surface area contributed by atoms with Crippen LogP contribution in [0.25, 0.3) is 5.69 Å². The number of H-pyrrole nitrogens is 1. The number of ether oxygens (including phenoxy) is 2. The highest BCUT2D eigenvalue weighted by atomic mass is 35.5. The van der Waals surface area contributed by atoms with E-state index in [0.29, 0.717) is 6.07 Å². The topological polar surface area (TPSA) is 90.4 Å². The summed E-state index contributed by atoms with van der Waals surface area (Å²) in [6.07, 6.45) is -3.98. The Kier molecular flexibility index (Phi) is 6.80. The fraction of sp³-hybridized carbons (Fsp3) is 0.188. The van der Waals surface area contributed by atoms with E-state index in [0.717, 1.165) is 12.1 Å². The highest BCUT2D eigenvalue weighted by Crippen LogP contribution is 2.30. The molecule has 1 aromatic heterocycles. The third kappa shape index (κ3) is 5.41. The normalized spacial score (nSPS) is 12.0. The molecule has 0 aliphatic rings. The van der Waals surface area contributed by atoms with Gasteiger partial charge in [0.2, 0.25) is 5.12 Å². The molecule has 0 saturated carbocycles. The fourth-order valence-corrected chi connectivity index (χ4v) is 2.47. The van der Waals surface area contributed by atoms with Crippen molar-refractivity contribution in [1.82, 2.24) is 9.55 Å². The summed E-state index contributed by atoms with van der Waals surface area (Å²) >= 11 is 9.39. The van der Waals surface area contributed by atoms with Crippen LogP contribution in [0, 0.1) is 5.82 Å². The van der Waals surface area contributed by atoms with Gasteiger partial charge in [0.25, 0.3) is 5.56 Å². The number of alkyl halides is 3. The average molecular weight is 455 g/mol. The molecule has 0 spiro atoms. The van der Waals surface area contributed by atoms with Crippen molar-refractivity contribution in [1.29, 1.82) is 0 Å². The first-order valence-electron chi connectivity index (χ1n) is 7.47. The minimum Gasteiger partial charge on any atom is -0.497 e. The van der Waals surface area contributed by atoms with Crippen LogP contribution in [-0.4, -0.2) is 28.4 Å². The van der Waals surface area contributed by atoms with Crippen LogP contribution in [0.2, 0.25) is 5.02 Å². The van der Waals surface area contributed by atoms with Crippen molar-refractivity contribution in [3.8, 4) is 11.4 Å². The molecule has 0 aliphatic carbocycles. The number of rotatable bonds is 6. The molecule has 1 heterocycles. The van der Waals surface area contributed by atoms with Crippen LogP contribution in [0.3, 0.4) is 0 Å². The van der Waals surface area contributed by atoms with E-state index in [4.69, 9.17) is 21.1 Å². The van der Waals surface area contributed by atoms with Gasteiger partial charge in [0.15, 0.2) is 0 Å². The lowest BCUT2D eigenvalue weighted by molar-refractivity contribution is -0.141. The second-order valence-corrected chi connectivity index (χ2v) is 6.18. The van der Waals surface area contributed by atoms with Gasteiger partial charge in [-0.15, -0.1) is 12.6 Å². The van der Waals surface area contributed by atoms with Crippen LogP contribution in [0.15, 0.2) is 39.6 Å². The molecule has 29 heavy (non-hydrogen) atoms. The van der Waals surface area contributed by atoms with Crippen LogP contribution in [-0.2, 0) is 15.7 Å². The predicted molar refractivity (Wildman–Crippen MR) is 97.2 cm³/mol. The standard InChI is InChI=1S/C16H11ClF4N2O5S/c1-27-7(2-14(25)29)6-28-11-4-10(9(18)3-8(11)17)23-13(24)5-12(16(19,20)21)22-15(23)26/h2-5H,6H2,1H3,(H,22,26)(H,25,29)/b7-2+. The van der Waals surface area contributed by atoms with E-state index in [-0.39, 0.29) is 33.8 Å². The van der Waals surface area contributed by atoms with E-state index in [1.54, 1.807) is 0 Å². The first-order valence-corrected chi connectivity index (χ1v) is 8.30. The summed E-state index contributed by atoms with van der Waals surface area (Å²) in [6, 6.07) is 1.66. The largest absolute Gasteiger partial charge is 0.497 e. The number of methoxy groups -OCH3 is 1. The fourth-order valence-electron chi connectivity index (χ4n) is 2.12. The molecule has 7 nitrogen and oxygen atoms in total. The molecule has 0 bridgehead atoms. The number of aromatic nitrogens is 2. The van der Waals surface area contributed by atoms with Crippen LogP contribution < -0.4 is 16.0 Å². The maximum atomic E-state index is 14.3. The third-order valence-electron chi connectivity index (χ3n) is 3.40. The van der Waals surface area contributed by atoms with Crippen molar-refractivity contribution in [2.24, 2.45) is 0 Å². The summed E-state index contributed by atoms with van der Waals surface area (Å²) in [4.78, 5) is 36.4. The minimum atomic E-state index is -4.97. The Bertz CT molecular complexity index is 1060. The van der Waals surface area contributed by atoms with Gasteiger partial charge in [-0.3, -0.25) is 9.59 Å². The molecule has 0 radical (unpaired) electrons. The number of nitrogens with one attached hydrogen (secondary N) is 1. The van der Waals surface area contributed by atoms with E-state index in [2.05, 4.69) is 12.6 Å². The minimum absolute atomic E-state index is 0.0245. The summed E-state index contributed by atoms with van der Waals surface area (Å²) in [7, 11) is 1.24. The maximum absolute atomic E-state index is 14.3. The number of carbonyl (C=O) groups excluding carboxylic acids is 1. The second kappa shape index (κ2) is 8.74. The van der Waals surface area contributed by atoms with Gasteiger partial charge in [-0.1, -0.05) is 11.6 Å². The smallest absolute Gasteiger partial charge is 0.431 e. The highest BCUT2D eigenvalue weighted by Gasteiger charge is 2.33. The maximum Gasteiger partial charge on any atom is 0.431 e. The third-order valence-corrected chi connectivity index (χ3v) is 3.82. The Morgan fingerprint density at radius 1 is 1.31 bits per heavy atom. The molecule has 1 N–H and O–H groups in total. The first kappa shape index (κ1) is 22.6. The highest BCUT2D eigenvalue weighted by molar-refractivity contribution is 7.97. The molecule has 0 amide bonds. The van der Waals surface area contributed by atoms with Crippen LogP contribution in [0.4, 0.5) is 17.6 Å². The number of carbonyl (C=O) groups is 1. The average Bonchev–Trinajstić information content (AvgIpc) is 2.59. The summed E-state index contributed by atoms with van der Waals surface area (Å²) in [5.41, 5.74) is -5.22. The van der Waals surface area contributed by atoms with E-state index in [1.807, 2.05) is 0 Å². The molecule has 1 aromatic carbocycles. The Morgan fingerprint density at radius 2 is 1.97 bits per heavy atom. The zero-order valence-electron chi connectivity index (χ0n) is 14.3. The molecule has 156 valence electrons. The first-order chi connectivity index (χ1) is 13.4. The monoisotopic (exact) mass is 454 g/mol. The molecule has 2 aromatic rings. The van der Waals surface area contributed by atoms with Crippen molar-refractivity contribution in [2.45, 2.75) is 6.18 Å². The quantitative estimate of drug-likeness (QED) is 0.303. The Balaban J connectivity index is 2.51. The van der Waals surface area contributed by atoms with Gasteiger partial charge < -0.3 is 14.5 Å². The van der Waals surface area contributed by atoms with E-state index in [1.165, 1.54) is 12.1 Å². The molecule has 0 fully saturated rings. The number of hydrogen-bond acceptors (Lipinski definition) is 5. The Hall–Kier alpha value is -2.73. The van der Waals surface area contributed by atoms with E-state index in [9.17, 15) is 31.9 Å². The lowest BCUT2D eigenvalue weighted by Crippen LogP contribution is -2.36. The number of hydrogen-bond donors (Lipinski definition) is 2. The Labute approximate surface area is 169 Å². The number of aromatic amines is 1. The van der Waals surface area contributed by atoms with Gasteiger partial charge in [-0.05, 0) is 6.07 Å². The van der Waals surface area contributed by atoms with E-state index < -0.39 is 39.7 Å². The van der Waals surface area contributed by atoms with Gasteiger partial charge in [-0.2, -0.15) is 13.2 Å². The van der Waals surface area contributed by atoms with Crippen molar-refractivity contribution in [3.05, 3.63) is 67.4 Å². The SMILES string of the molecule is CO/C(=C/C(=O)S)COc1cc(-n2c(=O)cc(C(F)(F)F)[nH]c2=O)c(F)cc1Cl. The van der Waals surface area contributed by atoms with E-state index >= 15 is 0 Å². The molecule has 0 saturated heterocycles. The van der Waals surface area contributed by atoms with Crippen molar-refractivity contribution in [2.75, 3.05) is 13.7 Å². The number of benzene rings is 1. The van der Waals surface area contributed by atoms with Crippen LogP contribution >= 0.6 is 24.2 Å². The molecular weight excluding hydrogens is 444 g/mol. The summed E-state index contributed by atoms with van der Waals surface area (Å²) in [5.74, 6) is -1.37. The van der Waals surface area contributed by atoms with Gasteiger partial charge in [-0.25, -0.2) is 13.8 Å². The zero-order chi connectivity index (χ0) is 21.9. The van der Waals surface area contributed by atoms with Crippen molar-refractivity contribution in [3.63, 3.8) is 0 Å². The zero-order valence-corrected chi connectivity index (χ0v) is 16.0. The summed E-state index contributed by atoms with van der Waals surface area (Å²) < 4.78 is 62.7. The molecule has 0 unspecified atom stereocenters. The van der Waals surface area contributed by atoms with Crippen LogP contribution in [0.1, 0.15) is 5.69 Å². The van der Waals surface area contributed by atoms with Crippen molar-refractivity contribution < 1.29 is 31.8 Å². The molecule has 2 rings (SSSR count). The molecule has 13 heteroatoms. The van der Waals surface area contributed by atoms with Crippen LogP contribution in [0.5, 0.6) is 5.75 Å². The Morgan fingerprint density at radius 3 is 2.48 bits per heavy atom. The second-order valence-electron chi connectivity index (χ2n) is 5.34. The summed E-state index contributed by atoms with van der Waals surface area (Å²) in [6.45, 7) is -0.355. The van der Waals surface area contributed by atoms with Crippen molar-refractivity contribution >= 4 is 29.3 Å². The van der Waals surface area contributed by atoms with Gasteiger partial charge in [0.05, 0.1) is 17.8 Å². The lowest BCUT2D eigenvalue weighted by atomic mass is 10.2. The molecular formula is C16H11ClF4N2O5S. The van der Waals surface area contributed by atoms with Gasteiger partial charge in [0, 0.05) is 18.2 Å². The predicted octanol–water partition coefficient (Wildman–Crippen LogP) is 2.70. The number of thiol groups is 1. The van der Waals surface area contributed by atoms with Gasteiger partial charge in [0.1, 0.15) is 29.6 Å². The number of halogens is 5. The molecule has 0 atom stereocenters.